The van der Waals surface area contributed by atoms with Crippen LogP contribution in [-0.2, 0) is 6.42 Å². The molecule has 0 saturated carbocycles. The molecule has 2 heterocycles. The Bertz CT molecular complexity index is 507. The van der Waals surface area contributed by atoms with Gasteiger partial charge in [-0.2, -0.15) is 0 Å². The van der Waals surface area contributed by atoms with Gasteiger partial charge in [0, 0.05) is 25.1 Å². The van der Waals surface area contributed by atoms with Crippen LogP contribution in [0.15, 0.2) is 18.2 Å². The molecule has 3 rings (SSSR count). The molecule has 0 N–H and O–H groups in total. The maximum Gasteiger partial charge on any atom is 0.253 e. The van der Waals surface area contributed by atoms with Gasteiger partial charge < -0.3 is 14.5 Å². The number of hydrogen-bond acceptors (Lipinski definition) is 3. The van der Waals surface area contributed by atoms with E-state index in [9.17, 15) is 4.79 Å². The fraction of sp³-hybridized carbons (Fsp3) is 0.562. The van der Waals surface area contributed by atoms with Crippen LogP contribution in [0.4, 0.5) is 0 Å². The Kier molecular flexibility index (Phi) is 3.66. The molecule has 1 amide bonds. The third kappa shape index (κ3) is 2.52. The fourth-order valence-electron chi connectivity index (χ4n) is 3.07. The van der Waals surface area contributed by atoms with Gasteiger partial charge in [0.15, 0.2) is 0 Å². The Balaban J connectivity index is 1.72. The van der Waals surface area contributed by atoms with E-state index in [1.165, 1.54) is 0 Å². The quantitative estimate of drug-likeness (QED) is 0.824. The highest BCUT2D eigenvalue weighted by Gasteiger charge is 2.25. The predicted octanol–water partition coefficient (Wildman–Crippen LogP) is 1.79. The van der Waals surface area contributed by atoms with Crippen molar-refractivity contribution in [2.45, 2.75) is 25.3 Å². The summed E-state index contributed by atoms with van der Waals surface area (Å²) in [6.45, 7) is 2.87. The van der Waals surface area contributed by atoms with Gasteiger partial charge in [0.25, 0.3) is 5.91 Å². The molecule has 0 spiro atoms. The van der Waals surface area contributed by atoms with E-state index in [2.05, 4.69) is 11.9 Å². The van der Waals surface area contributed by atoms with Crippen molar-refractivity contribution in [2.24, 2.45) is 0 Å². The summed E-state index contributed by atoms with van der Waals surface area (Å²) in [5.41, 5.74) is 1.95. The van der Waals surface area contributed by atoms with Crippen molar-refractivity contribution >= 4 is 5.91 Å². The smallest absolute Gasteiger partial charge is 0.253 e. The number of nitrogens with zero attached hydrogens (tertiary/aromatic N) is 2. The molecule has 0 aromatic heterocycles. The molecule has 1 fully saturated rings. The lowest BCUT2D eigenvalue weighted by Crippen LogP contribution is -2.44. The van der Waals surface area contributed by atoms with Crippen LogP contribution >= 0.6 is 0 Å². The molecule has 0 aliphatic carbocycles. The van der Waals surface area contributed by atoms with Crippen molar-refractivity contribution in [1.29, 1.82) is 0 Å². The monoisotopic (exact) mass is 274 g/mol. The van der Waals surface area contributed by atoms with Crippen LogP contribution in [0, 0.1) is 0 Å². The highest BCUT2D eigenvalue weighted by atomic mass is 16.5. The van der Waals surface area contributed by atoms with E-state index in [0.29, 0.717) is 6.04 Å². The van der Waals surface area contributed by atoms with Gasteiger partial charge >= 0.3 is 0 Å². The maximum absolute atomic E-state index is 12.6. The summed E-state index contributed by atoms with van der Waals surface area (Å²) < 4.78 is 5.49. The number of carbonyl (C=O) groups is 1. The highest BCUT2D eigenvalue weighted by Crippen LogP contribution is 2.27. The number of rotatable bonds is 2. The Morgan fingerprint density at radius 1 is 1.35 bits per heavy atom. The first kappa shape index (κ1) is 13.4. The van der Waals surface area contributed by atoms with Crippen molar-refractivity contribution in [2.75, 3.05) is 33.8 Å². The zero-order chi connectivity index (χ0) is 14.1. The number of benzene rings is 1. The summed E-state index contributed by atoms with van der Waals surface area (Å²) in [5.74, 6) is 1.07. The van der Waals surface area contributed by atoms with Crippen LogP contribution in [0.2, 0.25) is 0 Å². The SMILES string of the molecule is CN1CCC(N(C)C(=O)c2ccc3c(c2)CCO3)CC1. The number of carbonyl (C=O) groups excluding carboxylic acids is 1. The molecule has 0 atom stereocenters. The van der Waals surface area contributed by atoms with E-state index in [4.69, 9.17) is 4.74 Å². The molecule has 20 heavy (non-hydrogen) atoms. The average Bonchev–Trinajstić information content (AvgIpc) is 2.94. The molecule has 1 aromatic rings. The zero-order valence-corrected chi connectivity index (χ0v) is 12.3. The average molecular weight is 274 g/mol. The van der Waals surface area contributed by atoms with Gasteiger partial charge in [0.1, 0.15) is 5.75 Å². The molecular formula is C16H22N2O2. The van der Waals surface area contributed by atoms with Crippen LogP contribution in [0.25, 0.3) is 0 Å². The third-order valence-corrected chi connectivity index (χ3v) is 4.49. The molecule has 2 aliphatic rings. The fourth-order valence-corrected chi connectivity index (χ4v) is 3.07. The predicted molar refractivity (Wildman–Crippen MR) is 78.3 cm³/mol. The summed E-state index contributed by atoms with van der Waals surface area (Å²) in [6, 6.07) is 6.18. The summed E-state index contributed by atoms with van der Waals surface area (Å²) >= 11 is 0. The highest BCUT2D eigenvalue weighted by molar-refractivity contribution is 5.94. The van der Waals surface area contributed by atoms with Crippen molar-refractivity contribution < 1.29 is 9.53 Å². The zero-order valence-electron chi connectivity index (χ0n) is 12.3. The number of ether oxygens (including phenoxy) is 1. The van der Waals surface area contributed by atoms with E-state index in [1.807, 2.05) is 30.1 Å². The normalized spacial score (nSPS) is 19.5. The summed E-state index contributed by atoms with van der Waals surface area (Å²) in [5, 5.41) is 0. The molecule has 0 radical (unpaired) electrons. The van der Waals surface area contributed by atoms with Crippen LogP contribution in [-0.4, -0.2) is 55.5 Å². The Morgan fingerprint density at radius 2 is 2.10 bits per heavy atom. The summed E-state index contributed by atoms with van der Waals surface area (Å²) in [7, 11) is 4.07. The minimum absolute atomic E-state index is 0.134. The lowest BCUT2D eigenvalue weighted by Gasteiger charge is -2.35. The minimum Gasteiger partial charge on any atom is -0.493 e. The largest absolute Gasteiger partial charge is 0.493 e. The number of amides is 1. The maximum atomic E-state index is 12.6. The first-order valence-electron chi connectivity index (χ1n) is 7.36. The molecule has 0 unspecified atom stereocenters. The molecule has 108 valence electrons. The van der Waals surface area contributed by atoms with E-state index >= 15 is 0 Å². The number of likely N-dealkylation sites (tertiary alicyclic amines) is 1. The number of piperidine rings is 1. The Morgan fingerprint density at radius 3 is 2.85 bits per heavy atom. The lowest BCUT2D eigenvalue weighted by molar-refractivity contribution is 0.0659. The van der Waals surface area contributed by atoms with Gasteiger partial charge in [-0.05, 0) is 56.7 Å². The minimum atomic E-state index is 0.134. The van der Waals surface area contributed by atoms with E-state index in [0.717, 1.165) is 55.8 Å². The molecule has 4 nitrogen and oxygen atoms in total. The van der Waals surface area contributed by atoms with Crippen LogP contribution < -0.4 is 4.74 Å². The first-order valence-corrected chi connectivity index (χ1v) is 7.36. The summed E-state index contributed by atoms with van der Waals surface area (Å²) in [4.78, 5) is 16.8. The standard InChI is InChI=1S/C16H22N2O2/c1-17-8-5-14(6-9-17)18(2)16(19)13-3-4-15-12(11-13)7-10-20-15/h3-4,11,14H,5-10H2,1-2H3. The first-order chi connectivity index (χ1) is 9.65. The molecule has 0 bridgehead atoms. The van der Waals surface area contributed by atoms with E-state index in [-0.39, 0.29) is 5.91 Å². The topological polar surface area (TPSA) is 32.8 Å². The van der Waals surface area contributed by atoms with Crippen LogP contribution in [0.5, 0.6) is 5.75 Å². The van der Waals surface area contributed by atoms with Gasteiger partial charge in [-0.3, -0.25) is 4.79 Å². The third-order valence-electron chi connectivity index (χ3n) is 4.49. The number of fused-ring (bicyclic) bond motifs is 1. The van der Waals surface area contributed by atoms with Gasteiger partial charge in [-0.25, -0.2) is 0 Å². The second-order valence-corrected chi connectivity index (χ2v) is 5.87. The molecule has 1 aromatic carbocycles. The van der Waals surface area contributed by atoms with Crippen molar-refractivity contribution in [1.82, 2.24) is 9.80 Å². The van der Waals surface area contributed by atoms with Crippen LogP contribution in [0.3, 0.4) is 0 Å². The lowest BCUT2D eigenvalue weighted by atomic mass is 10.0. The second kappa shape index (κ2) is 5.44. The molecule has 2 aliphatic heterocycles. The van der Waals surface area contributed by atoms with E-state index in [1.54, 1.807) is 0 Å². The van der Waals surface area contributed by atoms with Crippen LogP contribution in [0.1, 0.15) is 28.8 Å². The summed E-state index contributed by atoms with van der Waals surface area (Å²) in [6.07, 6.45) is 3.04. The van der Waals surface area contributed by atoms with Gasteiger partial charge in [0.05, 0.1) is 6.61 Å². The van der Waals surface area contributed by atoms with E-state index < -0.39 is 0 Å². The van der Waals surface area contributed by atoms with Crippen molar-refractivity contribution in [3.63, 3.8) is 0 Å². The molecular weight excluding hydrogens is 252 g/mol. The number of hydrogen-bond donors (Lipinski definition) is 0. The van der Waals surface area contributed by atoms with Crippen molar-refractivity contribution in [3.05, 3.63) is 29.3 Å². The molecule has 1 saturated heterocycles. The van der Waals surface area contributed by atoms with Gasteiger partial charge in [-0.1, -0.05) is 0 Å². The van der Waals surface area contributed by atoms with Crippen molar-refractivity contribution in [3.8, 4) is 5.75 Å². The van der Waals surface area contributed by atoms with Gasteiger partial charge in [-0.15, -0.1) is 0 Å². The molecule has 4 heteroatoms. The van der Waals surface area contributed by atoms with Gasteiger partial charge in [0.2, 0.25) is 0 Å². The Hall–Kier alpha value is -1.55. The Labute approximate surface area is 120 Å². The second-order valence-electron chi connectivity index (χ2n) is 5.87.